The van der Waals surface area contributed by atoms with E-state index in [-0.39, 0.29) is 5.91 Å². The van der Waals surface area contributed by atoms with Gasteiger partial charge in [0.05, 0.1) is 0 Å². The number of aryl methyl sites for hydroxylation is 1. The summed E-state index contributed by atoms with van der Waals surface area (Å²) in [6, 6.07) is 1.15. The van der Waals surface area contributed by atoms with Crippen molar-refractivity contribution in [2.45, 2.75) is 38.3 Å². The highest BCUT2D eigenvalue weighted by molar-refractivity contribution is 5.83. The number of amides is 1. The van der Waals surface area contributed by atoms with Crippen molar-refractivity contribution in [2.75, 3.05) is 6.54 Å². The quantitative estimate of drug-likeness (QED) is 0.856. The number of nitrogens with zero attached hydrogens (tertiary/aromatic N) is 3. The number of carboxylic acid groups (broad SMARTS) is 1. The molecule has 1 atom stereocenters. The molecule has 18 heavy (non-hydrogen) atoms. The molecule has 2 heterocycles. The van der Waals surface area contributed by atoms with Crippen LogP contribution in [0.1, 0.15) is 25.7 Å². The molecule has 2 rings (SSSR count). The Hall–Kier alpha value is -1.85. The molecule has 1 saturated heterocycles. The van der Waals surface area contributed by atoms with Crippen molar-refractivity contribution in [1.29, 1.82) is 0 Å². The monoisotopic (exact) mass is 251 g/mol. The first kappa shape index (κ1) is 12.6. The van der Waals surface area contributed by atoms with Gasteiger partial charge in [-0.05, 0) is 25.3 Å². The van der Waals surface area contributed by atoms with Crippen molar-refractivity contribution in [3.8, 4) is 0 Å². The number of aliphatic carboxylic acids is 1. The highest BCUT2D eigenvalue weighted by Gasteiger charge is 2.31. The number of carbonyl (C=O) groups excluding carboxylic acids is 1. The SMILES string of the molecule is O=C(O)C1CCCCN1C(=O)CCn1cccn1. The summed E-state index contributed by atoms with van der Waals surface area (Å²) in [6.07, 6.45) is 6.06. The van der Waals surface area contributed by atoms with Gasteiger partial charge in [-0.2, -0.15) is 5.10 Å². The Bertz CT molecular complexity index is 416. The Morgan fingerprint density at radius 1 is 1.39 bits per heavy atom. The van der Waals surface area contributed by atoms with Gasteiger partial charge in [0, 0.05) is 31.9 Å². The Kier molecular flexibility index (Phi) is 3.96. The van der Waals surface area contributed by atoms with Gasteiger partial charge in [-0.1, -0.05) is 0 Å². The van der Waals surface area contributed by atoms with Crippen molar-refractivity contribution in [1.82, 2.24) is 14.7 Å². The van der Waals surface area contributed by atoms with E-state index in [0.29, 0.717) is 25.9 Å². The molecule has 1 aliphatic rings. The third-order valence-corrected chi connectivity index (χ3v) is 3.22. The van der Waals surface area contributed by atoms with Gasteiger partial charge < -0.3 is 10.0 Å². The van der Waals surface area contributed by atoms with E-state index in [4.69, 9.17) is 5.11 Å². The van der Waals surface area contributed by atoms with Crippen LogP contribution in [0.4, 0.5) is 0 Å². The zero-order valence-electron chi connectivity index (χ0n) is 10.2. The van der Waals surface area contributed by atoms with Crippen molar-refractivity contribution in [2.24, 2.45) is 0 Å². The Morgan fingerprint density at radius 2 is 2.22 bits per heavy atom. The Morgan fingerprint density at radius 3 is 2.89 bits per heavy atom. The minimum Gasteiger partial charge on any atom is -0.480 e. The topological polar surface area (TPSA) is 75.4 Å². The van der Waals surface area contributed by atoms with Crippen molar-refractivity contribution < 1.29 is 14.7 Å². The van der Waals surface area contributed by atoms with Crippen LogP contribution < -0.4 is 0 Å². The number of piperidine rings is 1. The first-order valence-electron chi connectivity index (χ1n) is 6.18. The maximum atomic E-state index is 12.0. The minimum atomic E-state index is -0.901. The van der Waals surface area contributed by atoms with Crippen LogP contribution in [0.5, 0.6) is 0 Å². The van der Waals surface area contributed by atoms with E-state index in [2.05, 4.69) is 5.10 Å². The van der Waals surface area contributed by atoms with Crippen molar-refractivity contribution >= 4 is 11.9 Å². The molecule has 6 heteroatoms. The standard InChI is InChI=1S/C12H17N3O3/c16-11(5-9-14-7-3-6-13-14)15-8-2-1-4-10(15)12(17)18/h3,6-7,10H,1-2,4-5,8-9H2,(H,17,18). The molecule has 0 aromatic carbocycles. The summed E-state index contributed by atoms with van der Waals surface area (Å²) in [5.41, 5.74) is 0. The number of carbonyl (C=O) groups is 2. The average molecular weight is 251 g/mol. The van der Waals surface area contributed by atoms with Crippen LogP contribution in [0.15, 0.2) is 18.5 Å². The third-order valence-electron chi connectivity index (χ3n) is 3.22. The third kappa shape index (κ3) is 2.88. The summed E-state index contributed by atoms with van der Waals surface area (Å²) in [5, 5.41) is 13.1. The fourth-order valence-electron chi connectivity index (χ4n) is 2.27. The van der Waals surface area contributed by atoms with Gasteiger partial charge >= 0.3 is 5.97 Å². The number of carboxylic acids is 1. The lowest BCUT2D eigenvalue weighted by Gasteiger charge is -2.33. The molecule has 1 aromatic rings. The van der Waals surface area contributed by atoms with E-state index < -0.39 is 12.0 Å². The van der Waals surface area contributed by atoms with Crippen LogP contribution in [0.2, 0.25) is 0 Å². The fraction of sp³-hybridized carbons (Fsp3) is 0.583. The maximum absolute atomic E-state index is 12.0. The molecule has 6 nitrogen and oxygen atoms in total. The highest BCUT2D eigenvalue weighted by Crippen LogP contribution is 2.18. The van der Waals surface area contributed by atoms with Crippen molar-refractivity contribution in [3.63, 3.8) is 0 Å². The molecule has 0 bridgehead atoms. The summed E-state index contributed by atoms with van der Waals surface area (Å²) in [6.45, 7) is 1.05. The second kappa shape index (κ2) is 5.66. The zero-order chi connectivity index (χ0) is 13.0. The molecular formula is C12H17N3O3. The second-order valence-electron chi connectivity index (χ2n) is 4.46. The predicted octanol–water partition coefficient (Wildman–Crippen LogP) is 0.739. The number of likely N-dealkylation sites (tertiary alicyclic amines) is 1. The molecular weight excluding hydrogens is 234 g/mol. The van der Waals surface area contributed by atoms with Crippen LogP contribution in [0.3, 0.4) is 0 Å². The predicted molar refractivity (Wildman–Crippen MR) is 63.8 cm³/mol. The molecule has 1 N–H and O–H groups in total. The van der Waals surface area contributed by atoms with Crippen LogP contribution in [0.25, 0.3) is 0 Å². The summed E-state index contributed by atoms with van der Waals surface area (Å²) >= 11 is 0. The smallest absolute Gasteiger partial charge is 0.326 e. The first-order valence-corrected chi connectivity index (χ1v) is 6.18. The molecule has 0 aliphatic carbocycles. The average Bonchev–Trinajstić information content (AvgIpc) is 2.89. The number of rotatable bonds is 4. The highest BCUT2D eigenvalue weighted by atomic mass is 16.4. The van der Waals surface area contributed by atoms with Crippen LogP contribution in [0, 0.1) is 0 Å². The lowest BCUT2D eigenvalue weighted by molar-refractivity contribution is -0.152. The Labute approximate surface area is 105 Å². The summed E-state index contributed by atoms with van der Waals surface area (Å²) < 4.78 is 1.68. The van der Waals surface area contributed by atoms with Gasteiger partial charge in [0.1, 0.15) is 6.04 Å². The number of hydrogen-bond donors (Lipinski definition) is 1. The largest absolute Gasteiger partial charge is 0.480 e. The second-order valence-corrected chi connectivity index (χ2v) is 4.46. The molecule has 1 aliphatic heterocycles. The van der Waals surface area contributed by atoms with Crippen LogP contribution >= 0.6 is 0 Å². The molecule has 1 aromatic heterocycles. The number of aromatic nitrogens is 2. The van der Waals surface area contributed by atoms with Crippen molar-refractivity contribution in [3.05, 3.63) is 18.5 Å². The molecule has 1 amide bonds. The van der Waals surface area contributed by atoms with Crippen LogP contribution in [-0.2, 0) is 16.1 Å². The lowest BCUT2D eigenvalue weighted by atomic mass is 10.0. The number of hydrogen-bond acceptors (Lipinski definition) is 3. The van der Waals surface area contributed by atoms with Gasteiger partial charge in [0.25, 0.3) is 0 Å². The fourth-order valence-corrected chi connectivity index (χ4v) is 2.27. The molecule has 1 unspecified atom stereocenters. The van der Waals surface area contributed by atoms with Gasteiger partial charge in [-0.3, -0.25) is 9.48 Å². The summed E-state index contributed by atoms with van der Waals surface area (Å²) in [4.78, 5) is 24.6. The first-order chi connectivity index (χ1) is 8.68. The van der Waals surface area contributed by atoms with Crippen LogP contribution in [-0.4, -0.2) is 44.3 Å². The van der Waals surface area contributed by atoms with E-state index in [1.165, 1.54) is 4.90 Å². The lowest BCUT2D eigenvalue weighted by Crippen LogP contribution is -2.48. The van der Waals surface area contributed by atoms with Gasteiger partial charge in [0.2, 0.25) is 5.91 Å². The normalized spacial score (nSPS) is 19.8. The maximum Gasteiger partial charge on any atom is 0.326 e. The molecule has 1 fully saturated rings. The van der Waals surface area contributed by atoms with Gasteiger partial charge in [-0.15, -0.1) is 0 Å². The van der Waals surface area contributed by atoms with Gasteiger partial charge in [-0.25, -0.2) is 4.79 Å². The molecule has 98 valence electrons. The van der Waals surface area contributed by atoms with E-state index in [0.717, 1.165) is 12.8 Å². The minimum absolute atomic E-state index is 0.0994. The van der Waals surface area contributed by atoms with E-state index in [1.807, 2.05) is 0 Å². The van der Waals surface area contributed by atoms with Gasteiger partial charge in [0.15, 0.2) is 0 Å². The summed E-state index contributed by atoms with van der Waals surface area (Å²) in [7, 11) is 0. The van der Waals surface area contributed by atoms with E-state index in [9.17, 15) is 9.59 Å². The van der Waals surface area contributed by atoms with E-state index >= 15 is 0 Å². The van der Waals surface area contributed by atoms with E-state index in [1.54, 1.807) is 23.1 Å². The molecule has 0 saturated carbocycles. The molecule has 0 radical (unpaired) electrons. The Balaban J connectivity index is 1.92. The zero-order valence-corrected chi connectivity index (χ0v) is 10.2. The summed E-state index contributed by atoms with van der Waals surface area (Å²) in [5.74, 6) is -1.00. The molecule has 0 spiro atoms.